The number of anilines is 1. The van der Waals surface area contributed by atoms with E-state index < -0.39 is 0 Å². The lowest BCUT2D eigenvalue weighted by atomic mass is 9.82. The summed E-state index contributed by atoms with van der Waals surface area (Å²) in [5.74, 6) is 0.778. The van der Waals surface area contributed by atoms with E-state index in [2.05, 4.69) is 51.4 Å². The zero-order valence-corrected chi connectivity index (χ0v) is 11.1. The Morgan fingerprint density at radius 3 is 3.19 bits per heavy atom. The highest BCUT2D eigenvalue weighted by molar-refractivity contribution is 9.10. The van der Waals surface area contributed by atoms with Gasteiger partial charge in [0.05, 0.1) is 5.69 Å². The Balaban J connectivity index is 2.03. The van der Waals surface area contributed by atoms with Crippen LogP contribution in [0.2, 0.25) is 0 Å². The molecular weight excluding hydrogens is 264 g/mol. The number of nitrogens with one attached hydrogen (secondary N) is 1. The van der Waals surface area contributed by atoms with E-state index in [1.807, 2.05) is 0 Å². The first-order chi connectivity index (χ1) is 7.77. The van der Waals surface area contributed by atoms with Crippen molar-refractivity contribution in [2.75, 3.05) is 25.0 Å². The minimum atomic E-state index is 0.715. The fourth-order valence-corrected chi connectivity index (χ4v) is 3.88. The molecule has 1 aromatic carbocycles. The van der Waals surface area contributed by atoms with Crippen LogP contribution in [0.5, 0.6) is 0 Å². The minimum Gasteiger partial charge on any atom is -0.370 e. The number of rotatable bonds is 0. The quantitative estimate of drug-likeness (QED) is 0.785. The summed E-state index contributed by atoms with van der Waals surface area (Å²) in [6.45, 7) is 2.33. The molecule has 0 aliphatic carbocycles. The van der Waals surface area contributed by atoms with E-state index in [1.54, 1.807) is 0 Å². The molecule has 2 aliphatic rings. The fourth-order valence-electron chi connectivity index (χ4n) is 3.20. The van der Waals surface area contributed by atoms with Gasteiger partial charge in [0.25, 0.3) is 0 Å². The molecule has 0 radical (unpaired) electrons. The minimum absolute atomic E-state index is 0.715. The number of piperidine rings is 1. The summed E-state index contributed by atoms with van der Waals surface area (Å²) in [6.07, 6.45) is 2.48. The molecule has 86 valence electrons. The van der Waals surface area contributed by atoms with Gasteiger partial charge in [-0.2, -0.15) is 0 Å². The van der Waals surface area contributed by atoms with Crippen molar-refractivity contribution in [1.29, 1.82) is 0 Å². The van der Waals surface area contributed by atoms with Gasteiger partial charge in [0.2, 0.25) is 0 Å². The van der Waals surface area contributed by atoms with Crippen LogP contribution in [-0.2, 0) is 6.42 Å². The summed E-state index contributed by atoms with van der Waals surface area (Å²) in [6, 6.07) is 7.28. The first kappa shape index (κ1) is 10.6. The Kier molecular flexibility index (Phi) is 2.68. The van der Waals surface area contributed by atoms with Crippen molar-refractivity contribution < 1.29 is 0 Å². The van der Waals surface area contributed by atoms with E-state index in [4.69, 9.17) is 0 Å². The number of hydrogen-bond acceptors (Lipinski definition) is 2. The predicted octanol–water partition coefficient (Wildman–Crippen LogP) is 2.42. The van der Waals surface area contributed by atoms with Crippen molar-refractivity contribution in [1.82, 2.24) is 5.32 Å². The smallest absolute Gasteiger partial charge is 0.0543 e. The molecular formula is C13H17BrN2. The summed E-state index contributed by atoms with van der Waals surface area (Å²) >= 11 is 3.68. The first-order valence-corrected chi connectivity index (χ1v) is 6.77. The van der Waals surface area contributed by atoms with Gasteiger partial charge in [-0.25, -0.2) is 0 Å². The molecule has 0 saturated carbocycles. The van der Waals surface area contributed by atoms with Gasteiger partial charge in [-0.15, -0.1) is 0 Å². The standard InChI is InChI=1S/C13H17BrN2/c1-16-12-5-6-15-8-10(12)7-9-3-2-4-11(14)13(9)16/h2-4,10,12,15H,5-8H2,1H3. The van der Waals surface area contributed by atoms with Gasteiger partial charge in [0.15, 0.2) is 0 Å². The summed E-state index contributed by atoms with van der Waals surface area (Å²) in [5.41, 5.74) is 2.90. The zero-order valence-electron chi connectivity index (χ0n) is 9.54. The molecule has 2 atom stereocenters. The molecule has 1 aromatic rings. The average molecular weight is 281 g/mol. The SMILES string of the molecule is CN1c2c(Br)cccc2CC2CNCCC21. The number of nitrogens with zero attached hydrogens (tertiary/aromatic N) is 1. The third kappa shape index (κ3) is 1.57. The predicted molar refractivity (Wildman–Crippen MR) is 71.0 cm³/mol. The summed E-state index contributed by atoms with van der Waals surface area (Å²) < 4.78 is 1.24. The second-order valence-corrected chi connectivity index (χ2v) is 5.74. The summed E-state index contributed by atoms with van der Waals surface area (Å²) in [5, 5.41) is 3.51. The molecule has 2 unspecified atom stereocenters. The number of benzene rings is 1. The third-order valence-corrected chi connectivity index (χ3v) is 4.61. The first-order valence-electron chi connectivity index (χ1n) is 5.98. The number of para-hydroxylation sites is 1. The molecule has 0 amide bonds. The molecule has 16 heavy (non-hydrogen) atoms. The molecule has 3 rings (SSSR count). The van der Waals surface area contributed by atoms with Gasteiger partial charge < -0.3 is 10.2 Å². The molecule has 0 aromatic heterocycles. The van der Waals surface area contributed by atoms with Gasteiger partial charge in [0.1, 0.15) is 0 Å². The molecule has 2 nitrogen and oxygen atoms in total. The molecule has 1 N–H and O–H groups in total. The highest BCUT2D eigenvalue weighted by Gasteiger charge is 2.34. The largest absolute Gasteiger partial charge is 0.370 e. The van der Waals surface area contributed by atoms with E-state index >= 15 is 0 Å². The highest BCUT2D eigenvalue weighted by Crippen LogP contribution is 2.39. The molecule has 0 bridgehead atoms. The van der Waals surface area contributed by atoms with Crippen molar-refractivity contribution in [2.45, 2.75) is 18.9 Å². The average Bonchev–Trinajstić information content (AvgIpc) is 2.29. The maximum atomic E-state index is 3.68. The van der Waals surface area contributed by atoms with E-state index in [1.165, 1.54) is 35.1 Å². The third-order valence-electron chi connectivity index (χ3n) is 3.97. The van der Waals surface area contributed by atoms with E-state index in [-0.39, 0.29) is 0 Å². The van der Waals surface area contributed by atoms with E-state index in [0.717, 1.165) is 12.5 Å². The van der Waals surface area contributed by atoms with Crippen molar-refractivity contribution >= 4 is 21.6 Å². The summed E-state index contributed by atoms with van der Waals surface area (Å²) in [4.78, 5) is 2.48. The van der Waals surface area contributed by atoms with Gasteiger partial charge in [-0.3, -0.25) is 0 Å². The van der Waals surface area contributed by atoms with Crippen LogP contribution in [0.15, 0.2) is 22.7 Å². The summed E-state index contributed by atoms with van der Waals surface area (Å²) in [7, 11) is 2.24. The van der Waals surface area contributed by atoms with Crippen LogP contribution in [-0.4, -0.2) is 26.2 Å². The fraction of sp³-hybridized carbons (Fsp3) is 0.538. The number of hydrogen-bond donors (Lipinski definition) is 1. The molecule has 2 aliphatic heterocycles. The number of halogens is 1. The number of fused-ring (bicyclic) bond motifs is 2. The van der Waals surface area contributed by atoms with Crippen LogP contribution in [0.1, 0.15) is 12.0 Å². The lowest BCUT2D eigenvalue weighted by Gasteiger charge is -2.45. The molecule has 0 spiro atoms. The Morgan fingerprint density at radius 2 is 2.31 bits per heavy atom. The lowest BCUT2D eigenvalue weighted by Crippen LogP contribution is -2.51. The van der Waals surface area contributed by atoms with Crippen molar-refractivity contribution in [2.24, 2.45) is 5.92 Å². The molecule has 1 saturated heterocycles. The molecule has 1 fully saturated rings. The monoisotopic (exact) mass is 280 g/mol. The Morgan fingerprint density at radius 1 is 1.44 bits per heavy atom. The van der Waals surface area contributed by atoms with Gasteiger partial charge in [0, 0.05) is 24.1 Å². The van der Waals surface area contributed by atoms with E-state index in [0.29, 0.717) is 6.04 Å². The Labute approximate surface area is 105 Å². The maximum Gasteiger partial charge on any atom is 0.0543 e. The Hall–Kier alpha value is -0.540. The highest BCUT2D eigenvalue weighted by atomic mass is 79.9. The molecule has 3 heteroatoms. The second-order valence-electron chi connectivity index (χ2n) is 4.88. The van der Waals surface area contributed by atoms with Crippen LogP contribution in [0.3, 0.4) is 0 Å². The van der Waals surface area contributed by atoms with Crippen LogP contribution in [0, 0.1) is 5.92 Å². The van der Waals surface area contributed by atoms with Crippen molar-refractivity contribution in [3.63, 3.8) is 0 Å². The van der Waals surface area contributed by atoms with Crippen LogP contribution in [0.25, 0.3) is 0 Å². The van der Waals surface area contributed by atoms with Crippen molar-refractivity contribution in [3.8, 4) is 0 Å². The zero-order chi connectivity index (χ0) is 11.1. The maximum absolute atomic E-state index is 3.68. The van der Waals surface area contributed by atoms with Crippen LogP contribution < -0.4 is 10.2 Å². The molecule has 2 heterocycles. The lowest BCUT2D eigenvalue weighted by molar-refractivity contribution is 0.304. The topological polar surface area (TPSA) is 15.3 Å². The van der Waals surface area contributed by atoms with Crippen LogP contribution >= 0.6 is 15.9 Å². The van der Waals surface area contributed by atoms with Gasteiger partial charge >= 0.3 is 0 Å². The second kappa shape index (κ2) is 4.04. The van der Waals surface area contributed by atoms with E-state index in [9.17, 15) is 0 Å². The normalized spacial score (nSPS) is 28.5. The van der Waals surface area contributed by atoms with Crippen LogP contribution in [0.4, 0.5) is 5.69 Å². The van der Waals surface area contributed by atoms with Gasteiger partial charge in [-0.1, -0.05) is 12.1 Å². The van der Waals surface area contributed by atoms with Gasteiger partial charge in [-0.05, 0) is 52.9 Å². The Bertz CT molecular complexity index is 405. The van der Waals surface area contributed by atoms with Crippen molar-refractivity contribution in [3.05, 3.63) is 28.2 Å².